The molecule has 0 unspecified atom stereocenters. The normalized spacial score (nSPS) is 43.6. The average Bonchev–Trinajstić information content (AvgIpc) is 2.14. The summed E-state index contributed by atoms with van der Waals surface area (Å²) < 4.78 is 4.68. The molecule has 0 aromatic rings. The second-order valence-corrected chi connectivity index (χ2v) is 3.09. The molecular formula is C7H12O7. The van der Waals surface area contributed by atoms with Crippen molar-refractivity contribution in [3.05, 3.63) is 0 Å². The summed E-state index contributed by atoms with van der Waals surface area (Å²) in [5.41, 5.74) is 0. The Hall–Kier alpha value is -0.730. The molecule has 1 heterocycles. The molecule has 1 aliphatic rings. The van der Waals surface area contributed by atoms with Crippen LogP contribution >= 0.6 is 0 Å². The van der Waals surface area contributed by atoms with Gasteiger partial charge in [-0.3, -0.25) is 0 Å². The highest BCUT2D eigenvalue weighted by Crippen LogP contribution is 2.20. The molecule has 1 fully saturated rings. The Morgan fingerprint density at radius 1 is 1.14 bits per heavy atom. The molecule has 0 radical (unpaired) electrons. The molecule has 5 atom stereocenters. The molecule has 0 spiro atoms. The van der Waals surface area contributed by atoms with Gasteiger partial charge in [-0.15, -0.1) is 0 Å². The third-order valence-corrected chi connectivity index (χ3v) is 2.14. The zero-order valence-electron chi connectivity index (χ0n) is 7.15. The summed E-state index contributed by atoms with van der Waals surface area (Å²) in [5.74, 6) is -1.46. The van der Waals surface area contributed by atoms with Gasteiger partial charge in [0.15, 0.2) is 6.10 Å². The second-order valence-electron chi connectivity index (χ2n) is 3.09. The van der Waals surface area contributed by atoms with Gasteiger partial charge in [-0.25, -0.2) is 4.79 Å². The first-order valence-corrected chi connectivity index (χ1v) is 4.02. The van der Waals surface area contributed by atoms with Gasteiger partial charge >= 0.3 is 5.97 Å². The minimum atomic E-state index is -1.70. The molecule has 1 saturated heterocycles. The summed E-state index contributed by atoms with van der Waals surface area (Å²) in [6.07, 6.45) is -7.67. The number of hydrogen-bond acceptors (Lipinski definition) is 6. The average molecular weight is 208 g/mol. The van der Waals surface area contributed by atoms with E-state index >= 15 is 0 Å². The van der Waals surface area contributed by atoms with Crippen molar-refractivity contribution in [3.63, 3.8) is 0 Å². The predicted molar refractivity (Wildman–Crippen MR) is 41.4 cm³/mol. The molecule has 1 aliphatic heterocycles. The molecule has 0 aliphatic carbocycles. The fraction of sp³-hybridized carbons (Fsp3) is 0.857. The number of carbonyl (C=O) groups is 1. The number of aliphatic carboxylic acids is 1. The second kappa shape index (κ2) is 4.20. The van der Waals surface area contributed by atoms with Gasteiger partial charge in [-0.05, 0) is 0 Å². The van der Waals surface area contributed by atoms with E-state index in [2.05, 4.69) is 4.74 Å². The lowest BCUT2D eigenvalue weighted by atomic mass is 9.95. The number of aliphatic hydroxyl groups is 4. The van der Waals surface area contributed by atoms with Crippen LogP contribution in [-0.4, -0.2) is 68.6 Å². The van der Waals surface area contributed by atoms with E-state index in [1.54, 1.807) is 0 Å². The fourth-order valence-corrected chi connectivity index (χ4v) is 1.31. The van der Waals surface area contributed by atoms with Gasteiger partial charge in [0.1, 0.15) is 24.4 Å². The van der Waals surface area contributed by atoms with E-state index in [0.29, 0.717) is 0 Å². The Morgan fingerprint density at radius 3 is 2.14 bits per heavy atom. The number of aliphatic hydroxyl groups excluding tert-OH is 4. The van der Waals surface area contributed by atoms with Crippen LogP contribution in [0.1, 0.15) is 0 Å². The quantitative estimate of drug-likeness (QED) is 0.325. The van der Waals surface area contributed by atoms with Crippen molar-refractivity contribution in [2.24, 2.45) is 0 Å². The largest absolute Gasteiger partial charge is 0.479 e. The highest BCUT2D eigenvalue weighted by atomic mass is 16.6. The maximum atomic E-state index is 10.5. The van der Waals surface area contributed by atoms with Gasteiger partial charge in [0.05, 0.1) is 6.61 Å². The Labute approximate surface area is 79.2 Å². The number of rotatable bonds is 2. The van der Waals surface area contributed by atoms with Crippen LogP contribution in [0.5, 0.6) is 0 Å². The van der Waals surface area contributed by atoms with E-state index in [9.17, 15) is 20.1 Å². The van der Waals surface area contributed by atoms with Crippen LogP contribution in [0.4, 0.5) is 0 Å². The van der Waals surface area contributed by atoms with E-state index in [4.69, 9.17) is 10.2 Å². The van der Waals surface area contributed by atoms with Crippen molar-refractivity contribution in [2.75, 3.05) is 6.61 Å². The van der Waals surface area contributed by atoms with Gasteiger partial charge in [0.2, 0.25) is 0 Å². The molecule has 0 aromatic heterocycles. The molecule has 0 aromatic carbocycles. The molecule has 14 heavy (non-hydrogen) atoms. The first-order valence-electron chi connectivity index (χ1n) is 4.02. The van der Waals surface area contributed by atoms with Crippen molar-refractivity contribution < 1.29 is 35.1 Å². The SMILES string of the molecule is O=C(O)[C@@H]1O[C@H](CO)[C@@H](O)[C@H](O)[C@@H]1O. The van der Waals surface area contributed by atoms with Crippen LogP contribution in [0.25, 0.3) is 0 Å². The van der Waals surface area contributed by atoms with Crippen LogP contribution in [0.3, 0.4) is 0 Å². The van der Waals surface area contributed by atoms with Crippen LogP contribution in [0, 0.1) is 0 Å². The third kappa shape index (κ3) is 1.86. The maximum Gasteiger partial charge on any atom is 0.335 e. The van der Waals surface area contributed by atoms with Crippen LogP contribution in [0.15, 0.2) is 0 Å². The minimum Gasteiger partial charge on any atom is -0.479 e. The maximum absolute atomic E-state index is 10.5. The molecule has 0 amide bonds. The molecular weight excluding hydrogens is 196 g/mol. The lowest BCUT2D eigenvalue weighted by molar-refractivity contribution is -0.233. The molecule has 5 N–H and O–H groups in total. The smallest absolute Gasteiger partial charge is 0.335 e. The highest BCUT2D eigenvalue weighted by Gasteiger charge is 2.46. The Bertz CT molecular complexity index is 216. The van der Waals surface area contributed by atoms with Gasteiger partial charge in [-0.2, -0.15) is 0 Å². The van der Waals surface area contributed by atoms with E-state index < -0.39 is 43.1 Å². The summed E-state index contributed by atoms with van der Waals surface area (Å²) in [5, 5.41) is 44.9. The third-order valence-electron chi connectivity index (χ3n) is 2.14. The molecule has 1 rings (SSSR count). The van der Waals surface area contributed by atoms with Crippen molar-refractivity contribution >= 4 is 5.97 Å². The molecule has 0 bridgehead atoms. The number of carboxylic acid groups (broad SMARTS) is 1. The summed E-state index contributed by atoms with van der Waals surface area (Å²) in [7, 11) is 0. The van der Waals surface area contributed by atoms with Gasteiger partial charge in [0, 0.05) is 0 Å². The summed E-state index contributed by atoms with van der Waals surface area (Å²) in [6.45, 7) is -0.630. The van der Waals surface area contributed by atoms with E-state index in [-0.39, 0.29) is 0 Å². The zero-order chi connectivity index (χ0) is 10.9. The van der Waals surface area contributed by atoms with Crippen LogP contribution in [-0.2, 0) is 9.53 Å². The molecule has 82 valence electrons. The minimum absolute atomic E-state index is 0.630. The van der Waals surface area contributed by atoms with Gasteiger partial charge in [-0.1, -0.05) is 0 Å². The topological polar surface area (TPSA) is 127 Å². The lowest BCUT2D eigenvalue weighted by Crippen LogP contribution is -2.60. The monoisotopic (exact) mass is 208 g/mol. The van der Waals surface area contributed by atoms with Crippen molar-refractivity contribution in [1.82, 2.24) is 0 Å². The fourth-order valence-electron chi connectivity index (χ4n) is 1.31. The van der Waals surface area contributed by atoms with E-state index in [0.717, 1.165) is 0 Å². The first kappa shape index (κ1) is 11.3. The Morgan fingerprint density at radius 2 is 1.71 bits per heavy atom. The highest BCUT2D eigenvalue weighted by molar-refractivity contribution is 5.73. The summed E-state index contributed by atoms with van der Waals surface area (Å²) >= 11 is 0. The van der Waals surface area contributed by atoms with Gasteiger partial charge in [0.25, 0.3) is 0 Å². The van der Waals surface area contributed by atoms with E-state index in [1.165, 1.54) is 0 Å². The van der Waals surface area contributed by atoms with Crippen molar-refractivity contribution in [3.8, 4) is 0 Å². The zero-order valence-corrected chi connectivity index (χ0v) is 7.15. The van der Waals surface area contributed by atoms with Crippen LogP contribution in [0.2, 0.25) is 0 Å². The summed E-state index contributed by atoms with van der Waals surface area (Å²) in [6, 6.07) is 0. The van der Waals surface area contributed by atoms with Gasteiger partial charge < -0.3 is 30.3 Å². The molecule has 7 nitrogen and oxygen atoms in total. The first-order chi connectivity index (χ1) is 6.49. The standard InChI is InChI=1S/C7H12O7/c8-1-2-3(9)4(10)5(11)6(14-2)7(12)13/h2-6,8-11H,1H2,(H,12,13)/t2-,3-,4+,5+,6-/m1/s1. The summed E-state index contributed by atoms with van der Waals surface area (Å²) in [4.78, 5) is 10.5. The van der Waals surface area contributed by atoms with Crippen LogP contribution < -0.4 is 0 Å². The Balaban J connectivity index is 2.78. The Kier molecular flexibility index (Phi) is 3.40. The number of carboxylic acids is 1. The number of ether oxygens (including phenoxy) is 1. The number of hydrogen-bond donors (Lipinski definition) is 5. The van der Waals surface area contributed by atoms with E-state index in [1.807, 2.05) is 0 Å². The van der Waals surface area contributed by atoms with Crippen molar-refractivity contribution in [1.29, 1.82) is 0 Å². The molecule has 0 saturated carbocycles. The lowest BCUT2D eigenvalue weighted by Gasteiger charge is -2.38. The van der Waals surface area contributed by atoms with Crippen molar-refractivity contribution in [2.45, 2.75) is 30.5 Å². The predicted octanol–water partition coefficient (Wildman–Crippen LogP) is -3.09. The molecule has 7 heteroatoms.